The quantitative estimate of drug-likeness (QED) is 0.131. The molecule has 0 bridgehead atoms. The van der Waals surface area contributed by atoms with Crippen LogP contribution in [-0.2, 0) is 49.1 Å². The van der Waals surface area contributed by atoms with Gasteiger partial charge in [-0.25, -0.2) is 0 Å². The Morgan fingerprint density at radius 2 is 1.46 bits per heavy atom. The van der Waals surface area contributed by atoms with Gasteiger partial charge in [0.05, 0.1) is 23.2 Å². The largest absolute Gasteiger partial charge is 2.00 e. The molecule has 5 aromatic carbocycles. The number of rotatable bonds is 3. The average Bonchev–Trinajstić information content (AvgIpc) is 3.80. The minimum Gasteiger partial charge on any atom is -0.503 e. The molecule has 6 heteroatoms. The molecule has 3 aliphatic rings. The normalized spacial score (nSPS) is 20.3. The molecule has 0 N–H and O–H groups in total. The van der Waals surface area contributed by atoms with Crippen molar-refractivity contribution in [1.82, 2.24) is 19.2 Å². The summed E-state index contributed by atoms with van der Waals surface area (Å²) >= 11 is 0. The van der Waals surface area contributed by atoms with E-state index < -0.39 is 6.85 Å². The Labute approximate surface area is 347 Å². The number of pyridine rings is 1. The molecular weight excluding hydrogens is 868 g/mol. The summed E-state index contributed by atoms with van der Waals surface area (Å²) in [4.78, 5) is 5.52. The maximum atomic E-state index is 8.73. The van der Waals surface area contributed by atoms with E-state index in [4.69, 9.17) is 18.9 Å². The van der Waals surface area contributed by atoms with Gasteiger partial charge >= 0.3 is 21.1 Å². The van der Waals surface area contributed by atoms with Crippen molar-refractivity contribution in [1.29, 1.82) is 0 Å². The van der Waals surface area contributed by atoms with Crippen molar-refractivity contribution in [2.45, 2.75) is 89.8 Å². The predicted molar refractivity (Wildman–Crippen MR) is 222 cm³/mol. The first-order valence-electron chi connectivity index (χ1n) is 20.9. The molecule has 280 valence electrons. The van der Waals surface area contributed by atoms with Crippen molar-refractivity contribution in [3.05, 3.63) is 143 Å². The fourth-order valence-corrected chi connectivity index (χ4v) is 10.3. The number of ether oxygens (including phenoxy) is 1. The number of imidazole rings is 1. The first-order chi connectivity index (χ1) is 27.5. The molecule has 0 spiro atoms. The van der Waals surface area contributed by atoms with Crippen LogP contribution in [0.4, 0.5) is 0 Å². The number of hydrogen-bond donors (Lipinski definition) is 0. The van der Waals surface area contributed by atoms with E-state index in [1.165, 1.54) is 5.56 Å². The van der Waals surface area contributed by atoms with Gasteiger partial charge in [0, 0.05) is 54.2 Å². The molecule has 5 nitrogen and oxygen atoms in total. The molecule has 8 aromatic rings. The van der Waals surface area contributed by atoms with E-state index in [-0.39, 0.29) is 42.7 Å². The molecule has 5 heterocycles. The zero-order valence-corrected chi connectivity index (χ0v) is 34.9. The molecule has 11 rings (SSSR count). The number of nitrogens with zero attached hydrogens (tertiary/aromatic N) is 4. The van der Waals surface area contributed by atoms with Gasteiger partial charge in [0.25, 0.3) is 0 Å². The van der Waals surface area contributed by atoms with E-state index in [1.54, 1.807) is 0 Å². The Hall–Kier alpha value is -4.99. The molecule has 0 fully saturated rings. The molecule has 1 unspecified atom stereocenters. The van der Waals surface area contributed by atoms with Crippen molar-refractivity contribution in [2.24, 2.45) is 0 Å². The van der Waals surface area contributed by atoms with E-state index in [1.807, 2.05) is 41.2 Å². The number of benzene rings is 5. The molecule has 2 aliphatic heterocycles. The molecule has 1 aliphatic carbocycles. The van der Waals surface area contributed by atoms with Gasteiger partial charge in [0.15, 0.2) is 0 Å². The third kappa shape index (κ3) is 4.30. The summed E-state index contributed by atoms with van der Waals surface area (Å²) < 4.78 is 37.2. The van der Waals surface area contributed by atoms with Crippen LogP contribution in [0.15, 0.2) is 97.2 Å². The Morgan fingerprint density at radius 1 is 0.732 bits per heavy atom. The minimum atomic E-state index is -2.34. The second kappa shape index (κ2) is 11.5. The number of hydrogen-bond acceptors (Lipinski definition) is 3. The number of aromatic nitrogens is 4. The van der Waals surface area contributed by atoms with Crippen molar-refractivity contribution >= 4 is 27.3 Å². The van der Waals surface area contributed by atoms with E-state index in [2.05, 4.69) is 126 Å². The van der Waals surface area contributed by atoms with Gasteiger partial charge in [-0.2, -0.15) is 11.2 Å². The molecule has 0 amide bonds. The molecule has 0 saturated heterocycles. The number of fused-ring (bicyclic) bond motifs is 8. The maximum Gasteiger partial charge on any atom is 2.00 e. The van der Waals surface area contributed by atoms with Crippen LogP contribution in [0.1, 0.15) is 92.6 Å². The summed E-state index contributed by atoms with van der Waals surface area (Å²) in [5.41, 5.74) is 11.9. The van der Waals surface area contributed by atoms with E-state index in [0.29, 0.717) is 17.1 Å². The minimum absolute atomic E-state index is 0. The smallest absolute Gasteiger partial charge is 0.503 e. The molecular formula is C50H44N4OPt. The van der Waals surface area contributed by atoms with Crippen LogP contribution in [-0.4, -0.2) is 19.2 Å². The van der Waals surface area contributed by atoms with E-state index in [9.17, 15) is 0 Å². The fraction of sp³-hybridized carbons (Fsp3) is 0.280. The van der Waals surface area contributed by atoms with Gasteiger partial charge in [0.1, 0.15) is 0 Å². The van der Waals surface area contributed by atoms with Gasteiger partial charge in [-0.15, -0.1) is 29.8 Å². The third-order valence-corrected chi connectivity index (χ3v) is 14.4. The zero-order valence-electron chi connectivity index (χ0n) is 35.7. The molecule has 0 saturated carbocycles. The first kappa shape index (κ1) is 32.1. The second-order valence-corrected chi connectivity index (χ2v) is 17.7. The van der Waals surface area contributed by atoms with Gasteiger partial charge < -0.3 is 9.14 Å². The maximum absolute atomic E-state index is 8.73. The van der Waals surface area contributed by atoms with Crippen LogP contribution in [0, 0.1) is 19.0 Å². The summed E-state index contributed by atoms with van der Waals surface area (Å²) in [6, 6.07) is 38.2. The standard InChI is InChI=1S/C50H44N4O.Pt/c1-29-18-22-39-43-41(29)35-21-19-32(26-36(35)46-52-42-34-17-13-12-16-31(34)24-25-50(8,48(39,4)5)45(42)53(43)46)55-33-20-23-38-40(27-33)54-44(49(6,7)47(38,2)3)37(28-51-54)30-14-10-9-11-15-30;/h9-23,28H,24-25H2,1-8H3;/q-2;+2/i1D3;. The Kier molecular flexibility index (Phi) is 6.62. The van der Waals surface area contributed by atoms with Gasteiger partial charge in [-0.3, -0.25) is 9.67 Å². The molecule has 0 radical (unpaired) electrons. The van der Waals surface area contributed by atoms with E-state index >= 15 is 0 Å². The van der Waals surface area contributed by atoms with Crippen molar-refractivity contribution in [3.8, 4) is 39.6 Å². The van der Waals surface area contributed by atoms with Crippen LogP contribution < -0.4 is 4.74 Å². The molecule has 3 aromatic heterocycles. The van der Waals surface area contributed by atoms with Gasteiger partial charge in [-0.1, -0.05) is 138 Å². The average molecular weight is 915 g/mol. The fourth-order valence-electron chi connectivity index (χ4n) is 10.3. The van der Waals surface area contributed by atoms with Crippen molar-refractivity contribution in [3.63, 3.8) is 0 Å². The second-order valence-electron chi connectivity index (χ2n) is 17.7. The monoisotopic (exact) mass is 914 g/mol. The van der Waals surface area contributed by atoms with Gasteiger partial charge in [-0.05, 0) is 52.9 Å². The summed E-state index contributed by atoms with van der Waals surface area (Å²) in [7, 11) is 0. The van der Waals surface area contributed by atoms with Crippen LogP contribution in [0.25, 0.3) is 55.4 Å². The summed E-state index contributed by atoms with van der Waals surface area (Å²) in [6.45, 7) is 13.8. The van der Waals surface area contributed by atoms with Crippen molar-refractivity contribution < 1.29 is 29.9 Å². The van der Waals surface area contributed by atoms with Crippen LogP contribution in [0.2, 0.25) is 0 Å². The first-order valence-corrected chi connectivity index (χ1v) is 19.4. The van der Waals surface area contributed by atoms with Crippen LogP contribution in [0.3, 0.4) is 0 Å². The summed E-state index contributed by atoms with van der Waals surface area (Å²) in [6.07, 6.45) is 3.82. The predicted octanol–water partition coefficient (Wildman–Crippen LogP) is 11.9. The van der Waals surface area contributed by atoms with Gasteiger partial charge in [0.2, 0.25) is 0 Å². The van der Waals surface area contributed by atoms with E-state index in [0.717, 1.165) is 90.8 Å². The number of aryl methyl sites for hydroxylation is 2. The topological polar surface area (TPSA) is 44.3 Å². The van der Waals surface area contributed by atoms with Crippen LogP contribution >= 0.6 is 0 Å². The van der Waals surface area contributed by atoms with Crippen molar-refractivity contribution in [2.75, 3.05) is 0 Å². The molecule has 1 atom stereocenters. The van der Waals surface area contributed by atoms with Crippen LogP contribution in [0.5, 0.6) is 11.5 Å². The SMILES string of the molecule is [2H]C([2H])([2H])c1ccc2c3c1c1ccc(Oc4[c-]c5c(cc4)C(C)(C)C(C)(C)c4c(-c6ccccc6)cnn4-5)[c-]c1c1nc4c(n13)C(C)(CCc1ccccc1-4)C2(C)C.[Pt+2]. The zero-order chi connectivity index (χ0) is 40.3. The summed E-state index contributed by atoms with van der Waals surface area (Å²) in [5, 5.41) is 7.21. The Morgan fingerprint density at radius 3 is 2.27 bits per heavy atom. The Bertz CT molecular complexity index is 3080. The Balaban J connectivity index is 0.00000420. The molecule has 56 heavy (non-hydrogen) atoms. The third-order valence-electron chi connectivity index (χ3n) is 14.4. The summed E-state index contributed by atoms with van der Waals surface area (Å²) in [5.74, 6) is 1.04.